The van der Waals surface area contributed by atoms with Gasteiger partial charge in [-0.15, -0.1) is 0 Å². The highest BCUT2D eigenvalue weighted by molar-refractivity contribution is 6.39. The first-order valence-electron chi connectivity index (χ1n) is 10.7. The third-order valence-electron chi connectivity index (χ3n) is 5.91. The SMILES string of the molecule is Bc1cc(-c2ccc(-c3ccc(-c4ccccn4)nc3)cc2)cc2c1oc1ccccc12. The topological polar surface area (TPSA) is 38.9 Å². The number of fused-ring (bicyclic) bond motifs is 3. The van der Waals surface area contributed by atoms with E-state index in [1.54, 1.807) is 6.20 Å². The van der Waals surface area contributed by atoms with Crippen molar-refractivity contribution < 1.29 is 4.42 Å². The molecule has 3 heterocycles. The van der Waals surface area contributed by atoms with Crippen LogP contribution in [0.15, 0.2) is 108 Å². The molecule has 0 N–H and O–H groups in total. The molecule has 6 aromatic rings. The molecule has 0 aliphatic heterocycles. The van der Waals surface area contributed by atoms with Gasteiger partial charge in [-0.2, -0.15) is 0 Å². The van der Waals surface area contributed by atoms with Crippen LogP contribution in [-0.4, -0.2) is 17.8 Å². The van der Waals surface area contributed by atoms with Crippen molar-refractivity contribution in [2.24, 2.45) is 0 Å². The number of nitrogens with zero attached hydrogens (tertiary/aromatic N) is 2. The van der Waals surface area contributed by atoms with E-state index in [0.29, 0.717) is 0 Å². The first kappa shape index (κ1) is 18.6. The third-order valence-corrected chi connectivity index (χ3v) is 5.91. The lowest BCUT2D eigenvalue weighted by Crippen LogP contribution is -2.02. The van der Waals surface area contributed by atoms with E-state index in [0.717, 1.165) is 49.9 Å². The summed E-state index contributed by atoms with van der Waals surface area (Å²) in [7, 11) is 2.11. The van der Waals surface area contributed by atoms with Crippen molar-refractivity contribution in [1.29, 1.82) is 0 Å². The van der Waals surface area contributed by atoms with Crippen LogP contribution in [0.3, 0.4) is 0 Å². The molecule has 32 heavy (non-hydrogen) atoms. The average molecular weight is 410 g/mol. The Morgan fingerprint density at radius 3 is 2.06 bits per heavy atom. The summed E-state index contributed by atoms with van der Waals surface area (Å²) in [6, 6.07) is 31.3. The molecule has 3 aromatic carbocycles. The number of rotatable bonds is 3. The Hall–Kier alpha value is -4.18. The lowest BCUT2D eigenvalue weighted by molar-refractivity contribution is 0.671. The van der Waals surface area contributed by atoms with Crippen molar-refractivity contribution in [3.63, 3.8) is 0 Å². The van der Waals surface area contributed by atoms with E-state index in [1.165, 1.54) is 11.1 Å². The van der Waals surface area contributed by atoms with Crippen LogP contribution in [0.4, 0.5) is 0 Å². The molecule has 3 nitrogen and oxygen atoms in total. The zero-order valence-corrected chi connectivity index (χ0v) is 17.6. The van der Waals surface area contributed by atoms with Gasteiger partial charge in [0.15, 0.2) is 0 Å². The summed E-state index contributed by atoms with van der Waals surface area (Å²) in [5, 5.41) is 2.32. The highest BCUT2D eigenvalue weighted by atomic mass is 16.3. The van der Waals surface area contributed by atoms with E-state index in [-0.39, 0.29) is 0 Å². The highest BCUT2D eigenvalue weighted by Gasteiger charge is 2.11. The summed E-state index contributed by atoms with van der Waals surface area (Å²) >= 11 is 0. The van der Waals surface area contributed by atoms with Crippen LogP contribution in [0, 0.1) is 0 Å². The van der Waals surface area contributed by atoms with Crippen LogP contribution >= 0.6 is 0 Å². The fourth-order valence-electron chi connectivity index (χ4n) is 4.25. The summed E-state index contributed by atoms with van der Waals surface area (Å²) in [4.78, 5) is 8.97. The summed E-state index contributed by atoms with van der Waals surface area (Å²) in [5.41, 5.74) is 9.40. The summed E-state index contributed by atoms with van der Waals surface area (Å²) in [6.07, 6.45) is 3.70. The second-order valence-electron chi connectivity index (χ2n) is 7.99. The summed E-state index contributed by atoms with van der Waals surface area (Å²) < 4.78 is 6.08. The van der Waals surface area contributed by atoms with Crippen LogP contribution in [0.2, 0.25) is 0 Å². The monoisotopic (exact) mass is 410 g/mol. The third kappa shape index (κ3) is 3.17. The summed E-state index contributed by atoms with van der Waals surface area (Å²) in [6.45, 7) is 0. The number of hydrogen-bond donors (Lipinski definition) is 0. The fraction of sp³-hybridized carbons (Fsp3) is 0. The number of para-hydroxylation sites is 1. The van der Waals surface area contributed by atoms with Crippen molar-refractivity contribution in [2.75, 3.05) is 0 Å². The largest absolute Gasteiger partial charge is 0.457 e. The van der Waals surface area contributed by atoms with Crippen LogP contribution in [0.1, 0.15) is 0 Å². The van der Waals surface area contributed by atoms with Crippen LogP contribution in [-0.2, 0) is 0 Å². The van der Waals surface area contributed by atoms with Crippen LogP contribution in [0.25, 0.3) is 55.6 Å². The minimum absolute atomic E-state index is 0.877. The molecular weight excluding hydrogens is 391 g/mol. The number of pyridine rings is 2. The van der Waals surface area contributed by atoms with Crippen LogP contribution in [0.5, 0.6) is 0 Å². The van der Waals surface area contributed by atoms with Gasteiger partial charge in [-0.05, 0) is 52.5 Å². The van der Waals surface area contributed by atoms with Crippen molar-refractivity contribution in [3.8, 4) is 33.6 Å². The Balaban J connectivity index is 1.34. The van der Waals surface area contributed by atoms with Gasteiger partial charge in [-0.1, -0.05) is 60.7 Å². The molecular formula is C28H19BN2O. The minimum atomic E-state index is 0.877. The van der Waals surface area contributed by atoms with Crippen molar-refractivity contribution in [1.82, 2.24) is 9.97 Å². The molecule has 150 valence electrons. The molecule has 6 rings (SSSR count). The fourth-order valence-corrected chi connectivity index (χ4v) is 4.25. The quantitative estimate of drug-likeness (QED) is 0.355. The molecule has 0 spiro atoms. The van der Waals surface area contributed by atoms with E-state index in [4.69, 9.17) is 4.42 Å². The van der Waals surface area contributed by atoms with Gasteiger partial charge >= 0.3 is 0 Å². The predicted octanol–water partition coefficient (Wildman–Crippen LogP) is 5.64. The van der Waals surface area contributed by atoms with Gasteiger partial charge < -0.3 is 4.42 Å². The molecule has 0 aliphatic carbocycles. The normalized spacial score (nSPS) is 11.2. The van der Waals surface area contributed by atoms with E-state index in [1.807, 2.05) is 42.6 Å². The first-order valence-corrected chi connectivity index (χ1v) is 10.7. The predicted molar refractivity (Wildman–Crippen MR) is 134 cm³/mol. The average Bonchev–Trinajstić information content (AvgIpc) is 3.24. The maximum absolute atomic E-state index is 6.08. The molecule has 0 amide bonds. The van der Waals surface area contributed by atoms with Crippen LogP contribution < -0.4 is 5.46 Å². The number of aromatic nitrogens is 2. The van der Waals surface area contributed by atoms with E-state index < -0.39 is 0 Å². The molecule has 0 saturated carbocycles. The van der Waals surface area contributed by atoms with Crippen molar-refractivity contribution in [2.45, 2.75) is 0 Å². The molecule has 0 bridgehead atoms. The maximum Gasteiger partial charge on any atom is 0.144 e. The minimum Gasteiger partial charge on any atom is -0.457 e. The Labute approximate surface area is 186 Å². The smallest absolute Gasteiger partial charge is 0.144 e. The van der Waals surface area contributed by atoms with Gasteiger partial charge in [-0.3, -0.25) is 9.97 Å². The Kier molecular flexibility index (Phi) is 4.36. The Morgan fingerprint density at radius 2 is 1.31 bits per heavy atom. The van der Waals surface area contributed by atoms with Gasteiger partial charge in [0, 0.05) is 28.7 Å². The van der Waals surface area contributed by atoms with Gasteiger partial charge in [0.05, 0.1) is 11.4 Å². The van der Waals surface area contributed by atoms with Gasteiger partial charge in [0.1, 0.15) is 19.0 Å². The molecule has 4 heteroatoms. The van der Waals surface area contributed by atoms with E-state index >= 15 is 0 Å². The van der Waals surface area contributed by atoms with Gasteiger partial charge in [0.25, 0.3) is 0 Å². The highest BCUT2D eigenvalue weighted by Crippen LogP contribution is 2.32. The van der Waals surface area contributed by atoms with Crippen molar-refractivity contribution in [3.05, 3.63) is 103 Å². The number of hydrogen-bond acceptors (Lipinski definition) is 3. The van der Waals surface area contributed by atoms with Crippen molar-refractivity contribution >= 4 is 35.2 Å². The molecule has 0 fully saturated rings. The lowest BCUT2D eigenvalue weighted by atomic mass is 9.89. The molecule has 0 atom stereocenters. The number of furan rings is 1. The van der Waals surface area contributed by atoms with Gasteiger partial charge in [-0.25, -0.2) is 0 Å². The maximum atomic E-state index is 6.08. The van der Waals surface area contributed by atoms with E-state index in [2.05, 4.69) is 72.4 Å². The lowest BCUT2D eigenvalue weighted by Gasteiger charge is -2.07. The standard InChI is InChI=1S/C28H19BN2O/c29-24-16-21(15-23-22-5-1-2-7-27(22)32-28(23)24)19-10-8-18(9-11-19)20-12-13-26(31-17-20)25-6-3-4-14-30-25/h1-17H,29H2. The molecule has 0 aliphatic rings. The van der Waals surface area contributed by atoms with Gasteiger partial charge in [0.2, 0.25) is 0 Å². The Bertz CT molecular complexity index is 1550. The molecule has 0 unspecified atom stereocenters. The summed E-state index contributed by atoms with van der Waals surface area (Å²) in [5.74, 6) is 0. The second kappa shape index (κ2) is 7.50. The molecule has 0 radical (unpaired) electrons. The molecule has 3 aromatic heterocycles. The second-order valence-corrected chi connectivity index (χ2v) is 7.99. The molecule has 0 saturated heterocycles. The first-order chi connectivity index (χ1) is 15.8. The Morgan fingerprint density at radius 1 is 0.594 bits per heavy atom. The van der Waals surface area contributed by atoms with E-state index in [9.17, 15) is 0 Å². The zero-order chi connectivity index (χ0) is 21.5. The zero-order valence-electron chi connectivity index (χ0n) is 17.6. The number of benzene rings is 3.